The highest BCUT2D eigenvalue weighted by Crippen LogP contribution is 2.44. The number of hydrogen-bond donors (Lipinski definition) is 1. The van der Waals surface area contributed by atoms with Gasteiger partial charge in [0.2, 0.25) is 11.9 Å². The van der Waals surface area contributed by atoms with Gasteiger partial charge in [0, 0.05) is 28.5 Å². The molecule has 0 atom stereocenters. The van der Waals surface area contributed by atoms with Crippen molar-refractivity contribution in [2.45, 2.75) is 0 Å². The van der Waals surface area contributed by atoms with Crippen LogP contribution in [0, 0.1) is 5.95 Å². The van der Waals surface area contributed by atoms with Gasteiger partial charge in [-0.05, 0) is 17.7 Å². The van der Waals surface area contributed by atoms with Crippen LogP contribution in [0.1, 0.15) is 15.9 Å². The van der Waals surface area contributed by atoms with Crippen LogP contribution < -0.4 is 5.73 Å². The summed E-state index contributed by atoms with van der Waals surface area (Å²) < 4.78 is 13.3. The van der Waals surface area contributed by atoms with Crippen molar-refractivity contribution in [2.24, 2.45) is 0 Å². The first-order chi connectivity index (χ1) is 13.6. The SMILES string of the molecule is Nc1nc(-c2ccccc2)c2c(n1)-c1c(cccc1-c1ccc(F)nc1)C2=O. The maximum Gasteiger partial charge on any atom is 0.221 e. The van der Waals surface area contributed by atoms with Crippen LogP contribution in [0.3, 0.4) is 0 Å². The quantitative estimate of drug-likeness (QED) is 0.474. The Labute approximate surface area is 159 Å². The number of fused-ring (bicyclic) bond motifs is 3. The molecule has 0 bridgehead atoms. The second-order valence-electron chi connectivity index (χ2n) is 6.45. The van der Waals surface area contributed by atoms with Crippen LogP contribution in [0.5, 0.6) is 0 Å². The zero-order chi connectivity index (χ0) is 19.3. The first kappa shape index (κ1) is 16.3. The molecule has 1 aliphatic rings. The highest BCUT2D eigenvalue weighted by Gasteiger charge is 2.34. The third-order valence-electron chi connectivity index (χ3n) is 4.78. The molecule has 5 rings (SSSR count). The van der Waals surface area contributed by atoms with Crippen molar-refractivity contribution in [1.82, 2.24) is 15.0 Å². The summed E-state index contributed by atoms with van der Waals surface area (Å²) in [5, 5.41) is 0. The number of rotatable bonds is 2. The van der Waals surface area contributed by atoms with E-state index < -0.39 is 5.95 Å². The largest absolute Gasteiger partial charge is 0.368 e. The Morgan fingerprint density at radius 2 is 1.50 bits per heavy atom. The molecule has 0 saturated heterocycles. The number of anilines is 1. The van der Waals surface area contributed by atoms with Gasteiger partial charge in [-0.3, -0.25) is 4.79 Å². The third-order valence-corrected chi connectivity index (χ3v) is 4.78. The van der Waals surface area contributed by atoms with E-state index in [1.807, 2.05) is 36.4 Å². The highest BCUT2D eigenvalue weighted by molar-refractivity contribution is 6.25. The third kappa shape index (κ3) is 2.39. The van der Waals surface area contributed by atoms with Crippen molar-refractivity contribution >= 4 is 11.7 Å². The fourth-order valence-electron chi connectivity index (χ4n) is 3.59. The summed E-state index contributed by atoms with van der Waals surface area (Å²) in [6.07, 6.45) is 1.44. The van der Waals surface area contributed by atoms with Gasteiger partial charge in [-0.25, -0.2) is 15.0 Å². The molecule has 0 radical (unpaired) electrons. The average molecular weight is 368 g/mol. The molecule has 6 heteroatoms. The molecule has 2 aromatic heterocycles. The number of halogens is 1. The van der Waals surface area contributed by atoms with Crippen molar-refractivity contribution in [3.63, 3.8) is 0 Å². The Hall–Kier alpha value is -3.93. The van der Waals surface area contributed by atoms with Gasteiger partial charge in [-0.1, -0.05) is 48.5 Å². The van der Waals surface area contributed by atoms with Gasteiger partial charge in [-0.15, -0.1) is 0 Å². The van der Waals surface area contributed by atoms with E-state index in [2.05, 4.69) is 15.0 Å². The van der Waals surface area contributed by atoms with Crippen molar-refractivity contribution in [2.75, 3.05) is 5.73 Å². The van der Waals surface area contributed by atoms with E-state index >= 15 is 0 Å². The van der Waals surface area contributed by atoms with Crippen molar-refractivity contribution in [3.8, 4) is 33.6 Å². The van der Waals surface area contributed by atoms with E-state index in [1.165, 1.54) is 12.3 Å². The molecule has 5 nitrogen and oxygen atoms in total. The number of aromatic nitrogens is 3. The molecule has 2 N–H and O–H groups in total. The number of ketones is 1. The Kier molecular flexibility index (Phi) is 3.52. The Balaban J connectivity index is 1.81. The second-order valence-corrected chi connectivity index (χ2v) is 6.45. The molecule has 2 aromatic carbocycles. The fraction of sp³-hybridized carbons (Fsp3) is 0. The van der Waals surface area contributed by atoms with Gasteiger partial charge in [0.25, 0.3) is 0 Å². The molecule has 134 valence electrons. The molecule has 0 aliphatic heterocycles. The minimum atomic E-state index is -0.564. The smallest absolute Gasteiger partial charge is 0.221 e. The van der Waals surface area contributed by atoms with E-state index in [1.54, 1.807) is 18.2 Å². The summed E-state index contributed by atoms with van der Waals surface area (Å²) in [7, 11) is 0. The van der Waals surface area contributed by atoms with Crippen molar-refractivity contribution in [3.05, 3.63) is 83.9 Å². The summed E-state index contributed by atoms with van der Waals surface area (Å²) in [6, 6.07) is 17.7. The number of carbonyl (C=O) groups is 1. The lowest BCUT2D eigenvalue weighted by molar-refractivity contribution is 0.104. The van der Waals surface area contributed by atoms with Gasteiger partial charge >= 0.3 is 0 Å². The van der Waals surface area contributed by atoms with Crippen LogP contribution in [0.2, 0.25) is 0 Å². The summed E-state index contributed by atoms with van der Waals surface area (Å²) in [6.45, 7) is 0. The fourth-order valence-corrected chi connectivity index (χ4v) is 3.59. The first-order valence-electron chi connectivity index (χ1n) is 8.66. The average Bonchev–Trinajstić information content (AvgIpc) is 3.01. The number of nitrogen functional groups attached to an aromatic ring is 1. The predicted molar refractivity (Wildman–Crippen MR) is 104 cm³/mol. The molecule has 2 heterocycles. The zero-order valence-electron chi connectivity index (χ0n) is 14.6. The molecule has 0 unspecified atom stereocenters. The zero-order valence-corrected chi connectivity index (χ0v) is 14.6. The first-order valence-corrected chi connectivity index (χ1v) is 8.66. The molecule has 0 spiro atoms. The van der Waals surface area contributed by atoms with E-state index in [0.717, 1.165) is 11.1 Å². The summed E-state index contributed by atoms with van der Waals surface area (Å²) in [4.78, 5) is 25.7. The molecular formula is C22H13FN4O. The van der Waals surface area contributed by atoms with Crippen LogP contribution in [0.15, 0.2) is 66.9 Å². The molecule has 28 heavy (non-hydrogen) atoms. The van der Waals surface area contributed by atoms with Crippen LogP contribution in [0.4, 0.5) is 10.3 Å². The normalized spacial score (nSPS) is 12.0. The molecule has 0 saturated carbocycles. The molecule has 0 amide bonds. The number of carbonyl (C=O) groups excluding carboxylic acids is 1. The molecule has 4 aromatic rings. The second kappa shape index (κ2) is 6.06. The van der Waals surface area contributed by atoms with Gasteiger partial charge in [-0.2, -0.15) is 4.39 Å². The summed E-state index contributed by atoms with van der Waals surface area (Å²) >= 11 is 0. The van der Waals surface area contributed by atoms with Crippen molar-refractivity contribution in [1.29, 1.82) is 0 Å². The van der Waals surface area contributed by atoms with E-state index in [9.17, 15) is 9.18 Å². The Morgan fingerprint density at radius 1 is 0.750 bits per heavy atom. The van der Waals surface area contributed by atoms with Gasteiger partial charge in [0.15, 0.2) is 5.78 Å². The van der Waals surface area contributed by atoms with Crippen LogP contribution in [-0.4, -0.2) is 20.7 Å². The predicted octanol–water partition coefficient (Wildman–Crippen LogP) is 4.14. The van der Waals surface area contributed by atoms with E-state index in [-0.39, 0.29) is 11.7 Å². The molecule has 1 aliphatic carbocycles. The van der Waals surface area contributed by atoms with Crippen molar-refractivity contribution < 1.29 is 9.18 Å². The Morgan fingerprint density at radius 3 is 2.25 bits per heavy atom. The number of nitrogens with two attached hydrogens (primary N) is 1. The van der Waals surface area contributed by atoms with Crippen LogP contribution in [-0.2, 0) is 0 Å². The molecule has 0 fully saturated rings. The maximum atomic E-state index is 13.3. The topological polar surface area (TPSA) is 81.8 Å². The maximum absolute atomic E-state index is 13.3. The lowest BCUT2D eigenvalue weighted by Crippen LogP contribution is -2.05. The monoisotopic (exact) mass is 368 g/mol. The van der Waals surface area contributed by atoms with Gasteiger partial charge in [0.1, 0.15) is 0 Å². The summed E-state index contributed by atoms with van der Waals surface area (Å²) in [5.74, 6) is -0.628. The lowest BCUT2D eigenvalue weighted by Gasteiger charge is -2.10. The van der Waals surface area contributed by atoms with Gasteiger partial charge < -0.3 is 5.73 Å². The van der Waals surface area contributed by atoms with E-state index in [0.29, 0.717) is 33.6 Å². The van der Waals surface area contributed by atoms with Crippen LogP contribution in [0.25, 0.3) is 33.6 Å². The number of pyridine rings is 1. The minimum Gasteiger partial charge on any atom is -0.368 e. The molecular weight excluding hydrogens is 355 g/mol. The summed E-state index contributed by atoms with van der Waals surface area (Å²) in [5.41, 5.74) is 10.8. The number of benzene rings is 2. The van der Waals surface area contributed by atoms with E-state index in [4.69, 9.17) is 5.73 Å². The highest BCUT2D eigenvalue weighted by atomic mass is 19.1. The van der Waals surface area contributed by atoms with Gasteiger partial charge in [0.05, 0.1) is 17.0 Å². The number of nitrogens with zero attached hydrogens (tertiary/aromatic N) is 3. The lowest BCUT2D eigenvalue weighted by atomic mass is 9.97. The minimum absolute atomic E-state index is 0.0882. The number of hydrogen-bond acceptors (Lipinski definition) is 5. The Bertz CT molecular complexity index is 1240. The standard InChI is InChI=1S/C22H13FN4O/c23-16-10-9-13(11-25-16)14-7-4-8-15-17(14)20-18(21(15)28)19(26-22(24)27-20)12-5-2-1-3-6-12/h1-11H,(H2,24,26,27). The van der Waals surface area contributed by atoms with Crippen LogP contribution >= 0.6 is 0 Å².